The van der Waals surface area contributed by atoms with E-state index in [4.69, 9.17) is 0 Å². The number of anilines is 2. The third-order valence-corrected chi connectivity index (χ3v) is 6.67. The zero-order valence-electron chi connectivity index (χ0n) is 18.4. The highest BCUT2D eigenvalue weighted by molar-refractivity contribution is 7.90. The molecule has 180 valence electrons. The first-order chi connectivity index (χ1) is 16.1. The Bertz CT molecular complexity index is 1250. The Labute approximate surface area is 196 Å². The van der Waals surface area contributed by atoms with Gasteiger partial charge >= 0.3 is 6.36 Å². The van der Waals surface area contributed by atoms with Gasteiger partial charge in [0.2, 0.25) is 0 Å². The Morgan fingerprint density at radius 1 is 1.06 bits per heavy atom. The largest absolute Gasteiger partial charge is 0.573 e. The van der Waals surface area contributed by atoms with Crippen LogP contribution < -0.4 is 15.0 Å². The van der Waals surface area contributed by atoms with Crippen LogP contribution in [0.5, 0.6) is 5.75 Å². The van der Waals surface area contributed by atoms with Crippen molar-refractivity contribution in [1.29, 1.82) is 0 Å². The fourth-order valence-electron chi connectivity index (χ4n) is 3.98. The number of ether oxygens (including phenoxy) is 1. The number of sulfone groups is 1. The lowest BCUT2D eigenvalue weighted by Gasteiger charge is -2.38. The number of hydrogen-bond acceptors (Lipinski definition) is 6. The van der Waals surface area contributed by atoms with Crippen molar-refractivity contribution in [3.8, 4) is 17.0 Å². The average Bonchev–Trinajstić information content (AvgIpc) is 2.79. The molecule has 4 rings (SSSR count). The molecule has 1 unspecified atom stereocenters. The number of pyridine rings is 1. The molecule has 2 heterocycles. The van der Waals surface area contributed by atoms with E-state index in [1.807, 2.05) is 18.2 Å². The molecule has 0 amide bonds. The summed E-state index contributed by atoms with van der Waals surface area (Å²) >= 11 is 0. The van der Waals surface area contributed by atoms with E-state index in [1.165, 1.54) is 18.4 Å². The molecule has 0 saturated carbocycles. The highest BCUT2D eigenvalue weighted by Gasteiger charge is 2.31. The highest BCUT2D eigenvalue weighted by atomic mass is 32.2. The van der Waals surface area contributed by atoms with E-state index in [9.17, 15) is 21.6 Å². The number of nitrogens with one attached hydrogen (secondary N) is 1. The second kappa shape index (κ2) is 9.54. The summed E-state index contributed by atoms with van der Waals surface area (Å²) in [5.74, 6) is -0.270. The summed E-state index contributed by atoms with van der Waals surface area (Å²) < 4.78 is 65.0. The second-order valence-corrected chi connectivity index (χ2v) is 10.1. The van der Waals surface area contributed by atoms with E-state index in [0.717, 1.165) is 31.5 Å². The highest BCUT2D eigenvalue weighted by Crippen LogP contribution is 2.30. The molecule has 0 spiro atoms. The van der Waals surface area contributed by atoms with Gasteiger partial charge in [-0.1, -0.05) is 12.1 Å². The molecule has 34 heavy (non-hydrogen) atoms. The number of aromatic nitrogens is 1. The van der Waals surface area contributed by atoms with Crippen LogP contribution in [0.25, 0.3) is 11.3 Å². The van der Waals surface area contributed by atoms with Gasteiger partial charge in [0.15, 0.2) is 9.84 Å². The molecule has 1 saturated heterocycles. The van der Waals surface area contributed by atoms with Crippen LogP contribution >= 0.6 is 0 Å². The fraction of sp³-hybridized carbons (Fsp3) is 0.292. The lowest BCUT2D eigenvalue weighted by Crippen LogP contribution is -2.44. The van der Waals surface area contributed by atoms with E-state index in [-0.39, 0.29) is 16.8 Å². The smallest absolute Gasteiger partial charge is 0.406 e. The Morgan fingerprint density at radius 2 is 1.82 bits per heavy atom. The maximum Gasteiger partial charge on any atom is 0.573 e. The number of alkyl halides is 3. The number of benzene rings is 2. The van der Waals surface area contributed by atoms with Crippen molar-refractivity contribution in [3.63, 3.8) is 0 Å². The van der Waals surface area contributed by atoms with Crippen LogP contribution in [0.1, 0.15) is 19.3 Å². The summed E-state index contributed by atoms with van der Waals surface area (Å²) in [6.07, 6.45) is 0.918. The molecule has 1 atom stereocenters. The minimum Gasteiger partial charge on any atom is -0.406 e. The summed E-state index contributed by atoms with van der Waals surface area (Å²) in [7, 11) is -3.34. The number of rotatable bonds is 6. The minimum absolute atomic E-state index is 0.0688. The SMILES string of the molecule is CS(=O)(=O)c1cccc(-c2cc(N3CCCCC3Nc3ccc(OC(F)(F)F)cc3)ccn2)c1. The Morgan fingerprint density at radius 3 is 2.53 bits per heavy atom. The molecule has 1 N–H and O–H groups in total. The van der Waals surface area contributed by atoms with Crippen molar-refractivity contribution < 1.29 is 26.3 Å². The third-order valence-electron chi connectivity index (χ3n) is 5.56. The first kappa shape index (κ1) is 23.9. The zero-order valence-corrected chi connectivity index (χ0v) is 19.2. The lowest BCUT2D eigenvalue weighted by atomic mass is 10.1. The van der Waals surface area contributed by atoms with Gasteiger partial charge < -0.3 is 15.0 Å². The first-order valence-electron chi connectivity index (χ1n) is 10.7. The van der Waals surface area contributed by atoms with Gasteiger partial charge in [0, 0.05) is 35.9 Å². The maximum atomic E-state index is 12.4. The summed E-state index contributed by atoms with van der Waals surface area (Å²) in [5.41, 5.74) is 2.96. The van der Waals surface area contributed by atoms with Crippen LogP contribution in [0.15, 0.2) is 71.8 Å². The van der Waals surface area contributed by atoms with Crippen LogP contribution in [-0.4, -0.2) is 38.7 Å². The summed E-state index contributed by atoms with van der Waals surface area (Å²) in [6.45, 7) is 0.791. The van der Waals surface area contributed by atoms with E-state index < -0.39 is 16.2 Å². The van der Waals surface area contributed by atoms with Crippen molar-refractivity contribution in [3.05, 3.63) is 66.9 Å². The van der Waals surface area contributed by atoms with Gasteiger partial charge in [0.25, 0.3) is 0 Å². The predicted molar refractivity (Wildman–Crippen MR) is 125 cm³/mol. The van der Waals surface area contributed by atoms with E-state index >= 15 is 0 Å². The van der Waals surface area contributed by atoms with E-state index in [1.54, 1.807) is 36.5 Å². The monoisotopic (exact) mass is 491 g/mol. The minimum atomic E-state index is -4.73. The quantitative estimate of drug-likeness (QED) is 0.493. The van der Waals surface area contributed by atoms with Crippen molar-refractivity contribution in [2.24, 2.45) is 0 Å². The molecule has 0 aliphatic carbocycles. The third kappa shape index (κ3) is 5.99. The standard InChI is InChI=1S/C24H24F3N3O3S/c1-34(31,32)21-6-4-5-17(15-21)22-16-19(12-13-28-22)30-14-3-2-7-23(30)29-18-8-10-20(11-9-18)33-24(25,26)27/h4-6,8-13,15-16,23,29H,2-3,7,14H2,1H3. The van der Waals surface area contributed by atoms with Crippen molar-refractivity contribution >= 4 is 21.2 Å². The maximum absolute atomic E-state index is 12.4. The Balaban J connectivity index is 1.55. The number of piperidine rings is 1. The molecule has 6 nitrogen and oxygen atoms in total. The molecule has 10 heteroatoms. The van der Waals surface area contributed by atoms with Crippen LogP contribution in [0.3, 0.4) is 0 Å². The van der Waals surface area contributed by atoms with Crippen LogP contribution in [0, 0.1) is 0 Å². The van der Waals surface area contributed by atoms with Gasteiger partial charge in [-0.25, -0.2) is 8.42 Å². The lowest BCUT2D eigenvalue weighted by molar-refractivity contribution is -0.274. The molecular weight excluding hydrogens is 467 g/mol. The number of halogens is 3. The van der Waals surface area contributed by atoms with Crippen molar-refractivity contribution in [2.45, 2.75) is 36.7 Å². The zero-order chi connectivity index (χ0) is 24.3. The number of hydrogen-bond donors (Lipinski definition) is 1. The van der Waals surface area contributed by atoms with Gasteiger partial charge in [0.05, 0.1) is 16.8 Å². The molecular formula is C24H24F3N3O3S. The molecule has 2 aromatic carbocycles. The van der Waals surface area contributed by atoms with Crippen molar-refractivity contribution in [1.82, 2.24) is 4.98 Å². The number of nitrogens with zero attached hydrogens (tertiary/aromatic N) is 2. The van der Waals surface area contributed by atoms with Crippen molar-refractivity contribution in [2.75, 3.05) is 23.0 Å². The summed E-state index contributed by atoms with van der Waals surface area (Å²) in [5, 5.41) is 3.40. The average molecular weight is 492 g/mol. The molecule has 1 aromatic heterocycles. The van der Waals surface area contributed by atoms with Gasteiger partial charge in [-0.15, -0.1) is 13.2 Å². The molecule has 3 aromatic rings. The second-order valence-electron chi connectivity index (χ2n) is 8.12. The summed E-state index contributed by atoms with van der Waals surface area (Å²) in [6, 6.07) is 16.2. The van der Waals surface area contributed by atoms with Gasteiger partial charge in [-0.2, -0.15) is 0 Å². The van der Waals surface area contributed by atoms with Gasteiger partial charge in [-0.3, -0.25) is 4.98 Å². The van der Waals surface area contributed by atoms with Crippen LogP contribution in [0.2, 0.25) is 0 Å². The first-order valence-corrected chi connectivity index (χ1v) is 12.6. The predicted octanol–water partition coefficient (Wildman–Crippen LogP) is 5.48. The molecule has 1 aliphatic heterocycles. The van der Waals surface area contributed by atoms with E-state index in [0.29, 0.717) is 16.9 Å². The summed E-state index contributed by atoms with van der Waals surface area (Å²) in [4.78, 5) is 6.85. The Hall–Kier alpha value is -3.27. The molecule has 0 bridgehead atoms. The van der Waals surface area contributed by atoms with Crippen LogP contribution in [-0.2, 0) is 9.84 Å². The molecule has 1 fully saturated rings. The topological polar surface area (TPSA) is 71.5 Å². The normalized spacial score (nSPS) is 16.8. The van der Waals surface area contributed by atoms with Crippen LogP contribution in [0.4, 0.5) is 24.5 Å². The molecule has 0 radical (unpaired) electrons. The van der Waals surface area contributed by atoms with Gasteiger partial charge in [-0.05, 0) is 67.8 Å². The fourth-order valence-corrected chi connectivity index (χ4v) is 4.64. The van der Waals surface area contributed by atoms with Gasteiger partial charge in [0.1, 0.15) is 5.75 Å². The van der Waals surface area contributed by atoms with E-state index in [2.05, 4.69) is 19.9 Å². The molecule has 1 aliphatic rings. The Kier molecular flexibility index (Phi) is 6.70.